The van der Waals surface area contributed by atoms with Crippen molar-refractivity contribution in [2.24, 2.45) is 0 Å². The van der Waals surface area contributed by atoms with E-state index in [-0.39, 0.29) is 13.2 Å². The largest absolute Gasteiger partial charge is 0.490 e. The molecule has 0 aliphatic carbocycles. The summed E-state index contributed by atoms with van der Waals surface area (Å²) >= 11 is 0. The second-order valence-corrected chi connectivity index (χ2v) is 8.22. The standard InChI is InChI=1S/C25H32N4O5/c1-5-7-20-11-19(9-16(4)27-20)25-28-24(29-34-25)18-8-15(3)23(17(6-2)10-18)33-14-21(31)12-26-22(32)13-30/h8-11,21,30-31H,5-7,12-14H2,1-4H3,(H,26,32)/t21-/m1/s1. The zero-order valence-corrected chi connectivity index (χ0v) is 20.1. The first-order chi connectivity index (χ1) is 16.3. The number of amides is 1. The number of rotatable bonds is 11. The fraction of sp³-hybridized carbons (Fsp3) is 0.440. The summed E-state index contributed by atoms with van der Waals surface area (Å²) in [5.41, 5.74) is 5.39. The molecule has 3 N–H and O–H groups in total. The van der Waals surface area contributed by atoms with Crippen molar-refractivity contribution in [3.05, 3.63) is 46.8 Å². The predicted molar refractivity (Wildman–Crippen MR) is 127 cm³/mol. The highest BCUT2D eigenvalue weighted by atomic mass is 16.5. The SMILES string of the molecule is CCCc1cc(-c2nc(-c3cc(C)c(OC[C@H](O)CNC(=O)CO)c(CC)c3)no2)cc(C)n1. The van der Waals surface area contributed by atoms with Gasteiger partial charge in [0.1, 0.15) is 25.1 Å². The lowest BCUT2D eigenvalue weighted by Crippen LogP contribution is -2.36. The van der Waals surface area contributed by atoms with Crippen molar-refractivity contribution in [3.8, 4) is 28.6 Å². The van der Waals surface area contributed by atoms with Crippen molar-refractivity contribution in [2.45, 2.75) is 53.1 Å². The average Bonchev–Trinajstić information content (AvgIpc) is 3.31. The minimum absolute atomic E-state index is 0.00191. The molecule has 3 rings (SSSR count). The molecule has 2 aromatic heterocycles. The summed E-state index contributed by atoms with van der Waals surface area (Å²) in [4.78, 5) is 20.3. The van der Waals surface area contributed by atoms with Crippen LogP contribution < -0.4 is 10.1 Å². The summed E-state index contributed by atoms with van der Waals surface area (Å²) in [5, 5.41) is 25.4. The maximum absolute atomic E-state index is 11.1. The number of benzene rings is 1. The van der Waals surface area contributed by atoms with Crippen LogP contribution in [0.1, 0.15) is 42.8 Å². The van der Waals surface area contributed by atoms with Gasteiger partial charge in [0.2, 0.25) is 11.7 Å². The van der Waals surface area contributed by atoms with E-state index in [4.69, 9.17) is 14.4 Å². The summed E-state index contributed by atoms with van der Waals surface area (Å²) in [6.07, 6.45) is 1.70. The molecule has 1 amide bonds. The number of aromatic nitrogens is 3. The van der Waals surface area contributed by atoms with Crippen LogP contribution >= 0.6 is 0 Å². The first-order valence-corrected chi connectivity index (χ1v) is 11.5. The van der Waals surface area contributed by atoms with Gasteiger partial charge >= 0.3 is 0 Å². The number of hydrogen-bond donors (Lipinski definition) is 3. The van der Waals surface area contributed by atoms with Crippen LogP contribution in [0.2, 0.25) is 0 Å². The molecular formula is C25H32N4O5. The lowest BCUT2D eigenvalue weighted by molar-refractivity contribution is -0.124. The number of aryl methyl sites for hydroxylation is 4. The van der Waals surface area contributed by atoms with Crippen LogP contribution in [0.3, 0.4) is 0 Å². The van der Waals surface area contributed by atoms with Crippen molar-refractivity contribution >= 4 is 5.91 Å². The number of aliphatic hydroxyl groups excluding tert-OH is 2. The Morgan fingerprint density at radius 1 is 1.15 bits per heavy atom. The van der Waals surface area contributed by atoms with E-state index in [1.54, 1.807) is 0 Å². The number of carbonyl (C=O) groups is 1. The van der Waals surface area contributed by atoms with Crippen molar-refractivity contribution in [1.29, 1.82) is 0 Å². The fourth-order valence-electron chi connectivity index (χ4n) is 3.67. The summed E-state index contributed by atoms with van der Waals surface area (Å²) in [6, 6.07) is 7.80. The molecule has 0 unspecified atom stereocenters. The number of nitrogens with zero attached hydrogens (tertiary/aromatic N) is 3. The minimum atomic E-state index is -0.902. The van der Waals surface area contributed by atoms with Crippen LogP contribution in [-0.4, -0.2) is 57.1 Å². The number of ether oxygens (including phenoxy) is 1. The van der Waals surface area contributed by atoms with Gasteiger partial charge in [0.25, 0.3) is 5.89 Å². The topological polar surface area (TPSA) is 131 Å². The molecule has 0 radical (unpaired) electrons. The normalized spacial score (nSPS) is 11.9. The molecular weight excluding hydrogens is 436 g/mol. The molecule has 34 heavy (non-hydrogen) atoms. The highest BCUT2D eigenvalue weighted by Gasteiger charge is 2.17. The average molecular weight is 469 g/mol. The maximum Gasteiger partial charge on any atom is 0.258 e. The molecule has 0 aliphatic heterocycles. The Bertz CT molecular complexity index is 1130. The third-order valence-corrected chi connectivity index (χ3v) is 5.27. The van der Waals surface area contributed by atoms with E-state index < -0.39 is 18.6 Å². The molecule has 0 aliphatic rings. The Balaban J connectivity index is 1.78. The molecule has 0 saturated carbocycles. The molecule has 2 heterocycles. The molecule has 0 spiro atoms. The Kier molecular flexibility index (Phi) is 8.72. The van der Waals surface area contributed by atoms with Crippen molar-refractivity contribution in [2.75, 3.05) is 19.8 Å². The zero-order chi connectivity index (χ0) is 24.7. The zero-order valence-electron chi connectivity index (χ0n) is 20.1. The first-order valence-electron chi connectivity index (χ1n) is 11.5. The number of nitrogens with one attached hydrogen (secondary N) is 1. The number of aliphatic hydroxyl groups is 2. The van der Waals surface area contributed by atoms with Crippen molar-refractivity contribution < 1.29 is 24.3 Å². The monoisotopic (exact) mass is 468 g/mol. The Morgan fingerprint density at radius 3 is 2.65 bits per heavy atom. The van der Waals surface area contributed by atoms with Gasteiger partial charge in [-0.25, -0.2) is 0 Å². The molecule has 182 valence electrons. The van der Waals surface area contributed by atoms with Crippen LogP contribution in [0.5, 0.6) is 5.75 Å². The van der Waals surface area contributed by atoms with Gasteiger partial charge in [-0.2, -0.15) is 4.98 Å². The quantitative estimate of drug-likeness (QED) is 0.392. The smallest absolute Gasteiger partial charge is 0.258 e. The summed E-state index contributed by atoms with van der Waals surface area (Å²) < 4.78 is 11.4. The predicted octanol–water partition coefficient (Wildman–Crippen LogP) is 2.78. The second-order valence-electron chi connectivity index (χ2n) is 8.22. The first kappa shape index (κ1) is 25.3. The summed E-state index contributed by atoms with van der Waals surface area (Å²) in [5.74, 6) is 1.06. The highest BCUT2D eigenvalue weighted by molar-refractivity contribution is 5.76. The van der Waals surface area contributed by atoms with E-state index in [0.717, 1.165) is 46.5 Å². The van der Waals surface area contributed by atoms with E-state index in [1.807, 2.05) is 45.0 Å². The van der Waals surface area contributed by atoms with Crippen LogP contribution in [0, 0.1) is 13.8 Å². The van der Waals surface area contributed by atoms with Gasteiger partial charge in [0.05, 0.1) is 0 Å². The molecule has 0 bridgehead atoms. The van der Waals surface area contributed by atoms with Gasteiger partial charge in [-0.1, -0.05) is 25.4 Å². The molecule has 1 aromatic carbocycles. The maximum atomic E-state index is 11.1. The van der Waals surface area contributed by atoms with Gasteiger partial charge in [-0.05, 0) is 62.1 Å². The van der Waals surface area contributed by atoms with Gasteiger partial charge in [0, 0.05) is 29.1 Å². The highest BCUT2D eigenvalue weighted by Crippen LogP contribution is 2.31. The Morgan fingerprint density at radius 2 is 1.94 bits per heavy atom. The molecule has 9 nitrogen and oxygen atoms in total. The lowest BCUT2D eigenvalue weighted by Gasteiger charge is -2.17. The van der Waals surface area contributed by atoms with E-state index in [9.17, 15) is 9.90 Å². The van der Waals surface area contributed by atoms with E-state index in [2.05, 4.69) is 27.4 Å². The van der Waals surface area contributed by atoms with E-state index in [1.165, 1.54) is 0 Å². The third-order valence-electron chi connectivity index (χ3n) is 5.27. The number of carbonyl (C=O) groups excluding carboxylic acids is 1. The van der Waals surface area contributed by atoms with Gasteiger partial charge in [-0.3, -0.25) is 9.78 Å². The van der Waals surface area contributed by atoms with E-state index >= 15 is 0 Å². The molecule has 0 saturated heterocycles. The fourth-order valence-corrected chi connectivity index (χ4v) is 3.67. The summed E-state index contributed by atoms with van der Waals surface area (Å²) in [6.45, 7) is 7.39. The number of pyridine rings is 1. The van der Waals surface area contributed by atoms with Gasteiger partial charge < -0.3 is 24.8 Å². The molecule has 0 fully saturated rings. The number of hydrogen-bond acceptors (Lipinski definition) is 8. The van der Waals surface area contributed by atoms with Crippen molar-refractivity contribution in [1.82, 2.24) is 20.4 Å². The Labute approximate surface area is 199 Å². The van der Waals surface area contributed by atoms with Crippen LogP contribution in [0.15, 0.2) is 28.8 Å². The van der Waals surface area contributed by atoms with Gasteiger partial charge in [-0.15, -0.1) is 0 Å². The Hall–Kier alpha value is -3.30. The van der Waals surface area contributed by atoms with Gasteiger partial charge in [0.15, 0.2) is 0 Å². The lowest BCUT2D eigenvalue weighted by atomic mass is 10.0. The second kappa shape index (κ2) is 11.7. The van der Waals surface area contributed by atoms with Crippen molar-refractivity contribution in [3.63, 3.8) is 0 Å². The van der Waals surface area contributed by atoms with Crippen LogP contribution in [0.4, 0.5) is 0 Å². The third kappa shape index (κ3) is 6.39. The molecule has 9 heteroatoms. The van der Waals surface area contributed by atoms with E-state index in [0.29, 0.717) is 23.9 Å². The van der Waals surface area contributed by atoms with Crippen LogP contribution in [-0.2, 0) is 17.6 Å². The van der Waals surface area contributed by atoms with Crippen LogP contribution in [0.25, 0.3) is 22.8 Å². The molecule has 3 aromatic rings. The minimum Gasteiger partial charge on any atom is -0.490 e. The summed E-state index contributed by atoms with van der Waals surface area (Å²) in [7, 11) is 0. The molecule has 1 atom stereocenters.